The largest absolute Gasteiger partial charge is 0.385 e. The second-order valence-corrected chi connectivity index (χ2v) is 7.95. The monoisotopic (exact) mass is 282 g/mol. The SMILES string of the molecule is Cc1ccc(C2(O)CC(C)(C)CC(C)(C)C2)c(F)c1F. The van der Waals surface area contributed by atoms with Crippen molar-refractivity contribution in [3.8, 4) is 0 Å². The summed E-state index contributed by atoms with van der Waals surface area (Å²) in [4.78, 5) is 0. The highest BCUT2D eigenvalue weighted by Gasteiger charge is 2.48. The van der Waals surface area contributed by atoms with E-state index in [4.69, 9.17) is 0 Å². The summed E-state index contributed by atoms with van der Waals surface area (Å²) in [5, 5.41) is 11.0. The number of halogens is 2. The smallest absolute Gasteiger partial charge is 0.165 e. The van der Waals surface area contributed by atoms with Crippen molar-refractivity contribution in [2.45, 2.75) is 59.5 Å². The molecule has 1 aromatic rings. The van der Waals surface area contributed by atoms with E-state index in [1.54, 1.807) is 6.07 Å². The second-order valence-electron chi connectivity index (χ2n) is 7.95. The molecule has 1 aliphatic rings. The Morgan fingerprint density at radius 1 is 0.900 bits per heavy atom. The van der Waals surface area contributed by atoms with Gasteiger partial charge in [-0.05, 0) is 42.6 Å². The van der Waals surface area contributed by atoms with Crippen LogP contribution in [-0.4, -0.2) is 5.11 Å². The van der Waals surface area contributed by atoms with Gasteiger partial charge in [-0.2, -0.15) is 0 Å². The normalized spacial score (nSPS) is 23.6. The molecule has 0 atom stereocenters. The molecule has 0 unspecified atom stereocenters. The molecule has 0 radical (unpaired) electrons. The molecule has 3 heteroatoms. The van der Waals surface area contributed by atoms with Crippen LogP contribution in [0.3, 0.4) is 0 Å². The Labute approximate surface area is 120 Å². The molecule has 0 aliphatic heterocycles. The minimum Gasteiger partial charge on any atom is -0.385 e. The lowest BCUT2D eigenvalue weighted by atomic mass is 9.58. The molecule has 1 aromatic carbocycles. The second kappa shape index (κ2) is 4.52. The van der Waals surface area contributed by atoms with Crippen LogP contribution in [-0.2, 0) is 5.60 Å². The summed E-state index contributed by atoms with van der Waals surface area (Å²) in [7, 11) is 0. The minimum atomic E-state index is -1.30. The summed E-state index contributed by atoms with van der Waals surface area (Å²) in [6.07, 6.45) is 1.85. The lowest BCUT2D eigenvalue weighted by Crippen LogP contribution is -2.44. The fourth-order valence-electron chi connectivity index (χ4n) is 4.26. The van der Waals surface area contributed by atoms with Crippen molar-refractivity contribution in [3.05, 3.63) is 34.9 Å². The molecule has 0 spiro atoms. The van der Waals surface area contributed by atoms with Crippen LogP contribution in [0.4, 0.5) is 8.78 Å². The highest BCUT2D eigenvalue weighted by Crippen LogP contribution is 2.54. The van der Waals surface area contributed by atoms with Crippen LogP contribution in [0.1, 0.15) is 58.1 Å². The van der Waals surface area contributed by atoms with Crippen molar-refractivity contribution in [1.29, 1.82) is 0 Å². The summed E-state index contributed by atoms with van der Waals surface area (Å²) in [5.41, 5.74) is -1.15. The van der Waals surface area contributed by atoms with Crippen LogP contribution in [0.5, 0.6) is 0 Å². The number of aryl methyl sites for hydroxylation is 1. The molecule has 20 heavy (non-hydrogen) atoms. The molecule has 1 fully saturated rings. The summed E-state index contributed by atoms with van der Waals surface area (Å²) >= 11 is 0. The maximum Gasteiger partial charge on any atom is 0.165 e. The molecule has 0 amide bonds. The van der Waals surface area contributed by atoms with Crippen LogP contribution in [0.25, 0.3) is 0 Å². The molecular weight excluding hydrogens is 258 g/mol. The Balaban J connectivity index is 2.52. The molecular formula is C17H24F2O. The van der Waals surface area contributed by atoms with Gasteiger partial charge in [-0.15, -0.1) is 0 Å². The average molecular weight is 282 g/mol. The van der Waals surface area contributed by atoms with Gasteiger partial charge in [0.25, 0.3) is 0 Å². The fraction of sp³-hybridized carbons (Fsp3) is 0.647. The Bertz CT molecular complexity index is 516. The zero-order chi connectivity index (χ0) is 15.3. The van der Waals surface area contributed by atoms with Gasteiger partial charge in [0.05, 0.1) is 5.60 Å². The Morgan fingerprint density at radius 3 is 1.90 bits per heavy atom. The summed E-state index contributed by atoms with van der Waals surface area (Å²) in [5.74, 6) is -1.75. The van der Waals surface area contributed by atoms with Gasteiger partial charge in [-0.25, -0.2) is 8.78 Å². The van der Waals surface area contributed by atoms with Crippen molar-refractivity contribution in [2.24, 2.45) is 10.8 Å². The molecule has 1 N–H and O–H groups in total. The van der Waals surface area contributed by atoms with E-state index in [-0.39, 0.29) is 22.0 Å². The number of hydrogen-bond donors (Lipinski definition) is 1. The lowest BCUT2D eigenvalue weighted by molar-refractivity contribution is -0.0934. The molecule has 112 valence electrons. The number of rotatable bonds is 1. The molecule has 0 bridgehead atoms. The Kier molecular flexibility index (Phi) is 3.49. The molecule has 0 aromatic heterocycles. The number of aliphatic hydroxyl groups is 1. The van der Waals surface area contributed by atoms with Gasteiger partial charge in [0, 0.05) is 5.56 Å². The van der Waals surface area contributed by atoms with Gasteiger partial charge < -0.3 is 5.11 Å². The molecule has 2 rings (SSSR count). The number of hydrogen-bond acceptors (Lipinski definition) is 1. The van der Waals surface area contributed by atoms with Gasteiger partial charge in [0.15, 0.2) is 11.6 Å². The van der Waals surface area contributed by atoms with Gasteiger partial charge in [-0.1, -0.05) is 39.8 Å². The quantitative estimate of drug-likeness (QED) is 0.791. The van der Waals surface area contributed by atoms with Crippen LogP contribution < -0.4 is 0 Å². The van der Waals surface area contributed by atoms with Crippen molar-refractivity contribution in [3.63, 3.8) is 0 Å². The van der Waals surface area contributed by atoms with E-state index in [1.807, 2.05) is 0 Å². The van der Waals surface area contributed by atoms with Gasteiger partial charge in [0.2, 0.25) is 0 Å². The first-order valence-corrected chi connectivity index (χ1v) is 7.13. The highest BCUT2D eigenvalue weighted by atomic mass is 19.2. The van der Waals surface area contributed by atoms with Crippen LogP contribution >= 0.6 is 0 Å². The summed E-state index contributed by atoms with van der Waals surface area (Å²) in [6, 6.07) is 3.07. The number of benzene rings is 1. The third kappa shape index (κ3) is 2.73. The van der Waals surface area contributed by atoms with E-state index in [0.29, 0.717) is 12.8 Å². The Morgan fingerprint density at radius 2 is 1.40 bits per heavy atom. The predicted molar refractivity (Wildman–Crippen MR) is 76.4 cm³/mol. The van der Waals surface area contributed by atoms with Crippen molar-refractivity contribution in [2.75, 3.05) is 0 Å². The van der Waals surface area contributed by atoms with E-state index in [0.717, 1.165) is 6.42 Å². The first-order chi connectivity index (χ1) is 8.96. The first kappa shape index (κ1) is 15.4. The molecule has 1 nitrogen and oxygen atoms in total. The summed E-state index contributed by atoms with van der Waals surface area (Å²) in [6.45, 7) is 9.81. The maximum atomic E-state index is 14.3. The highest BCUT2D eigenvalue weighted by molar-refractivity contribution is 5.31. The first-order valence-electron chi connectivity index (χ1n) is 7.13. The predicted octanol–water partition coefficient (Wildman–Crippen LogP) is 4.70. The Hall–Kier alpha value is -0.960. The molecule has 0 saturated heterocycles. The standard InChI is InChI=1S/C17H24F2O/c1-11-6-7-12(14(19)13(11)18)17(20)9-15(2,3)8-16(4,5)10-17/h6-7,20H,8-10H2,1-5H3. The third-order valence-corrected chi connectivity index (χ3v) is 4.28. The van der Waals surface area contributed by atoms with E-state index in [2.05, 4.69) is 27.7 Å². The fourth-order valence-corrected chi connectivity index (χ4v) is 4.26. The van der Waals surface area contributed by atoms with E-state index in [1.165, 1.54) is 13.0 Å². The van der Waals surface area contributed by atoms with Crippen LogP contribution in [0.2, 0.25) is 0 Å². The zero-order valence-corrected chi connectivity index (χ0v) is 13.0. The van der Waals surface area contributed by atoms with Crippen molar-refractivity contribution in [1.82, 2.24) is 0 Å². The van der Waals surface area contributed by atoms with E-state index in [9.17, 15) is 13.9 Å². The summed E-state index contributed by atoms with van der Waals surface area (Å²) < 4.78 is 28.1. The molecule has 1 saturated carbocycles. The minimum absolute atomic E-state index is 0.0986. The topological polar surface area (TPSA) is 20.2 Å². The lowest BCUT2D eigenvalue weighted by Gasteiger charge is -2.49. The average Bonchev–Trinajstić information content (AvgIpc) is 2.20. The zero-order valence-electron chi connectivity index (χ0n) is 13.0. The van der Waals surface area contributed by atoms with E-state index >= 15 is 0 Å². The van der Waals surface area contributed by atoms with Crippen LogP contribution in [0, 0.1) is 29.4 Å². The van der Waals surface area contributed by atoms with Crippen molar-refractivity contribution < 1.29 is 13.9 Å². The van der Waals surface area contributed by atoms with Gasteiger partial charge in [0.1, 0.15) is 0 Å². The van der Waals surface area contributed by atoms with Gasteiger partial charge in [-0.3, -0.25) is 0 Å². The van der Waals surface area contributed by atoms with Crippen LogP contribution in [0.15, 0.2) is 12.1 Å². The van der Waals surface area contributed by atoms with Gasteiger partial charge >= 0.3 is 0 Å². The molecule has 1 aliphatic carbocycles. The molecule has 0 heterocycles. The third-order valence-electron chi connectivity index (χ3n) is 4.28. The van der Waals surface area contributed by atoms with E-state index < -0.39 is 17.2 Å². The maximum absolute atomic E-state index is 14.3. The van der Waals surface area contributed by atoms with Crippen molar-refractivity contribution >= 4 is 0 Å².